The molecule has 4 heterocycles. The van der Waals surface area contributed by atoms with E-state index in [4.69, 9.17) is 21.7 Å². The summed E-state index contributed by atoms with van der Waals surface area (Å²) in [6.45, 7) is 5.23. The standard InChI is InChI=1S/C23H26ClFN8/c1-14-3-6-17(9-18(14)25)32-7-2-8-33-23(32)29-22(30-33)28-21-15-4-5-16(21)12-31(11-15)20-10-19(24)26-13-27-20/h3,6,9-10,13,15-16,21H,2,4-5,7-8,11-12H2,1H3,(H,28,30)/t15-,16?,21?/m0/s1. The number of hydrogen-bond donors (Lipinski definition) is 1. The number of aromatic nitrogens is 5. The van der Waals surface area contributed by atoms with Gasteiger partial charge in [0.25, 0.3) is 0 Å². The number of anilines is 4. The Morgan fingerprint density at radius 3 is 2.67 bits per heavy atom. The lowest BCUT2D eigenvalue weighted by Crippen LogP contribution is -2.48. The van der Waals surface area contributed by atoms with E-state index in [0.29, 0.717) is 34.5 Å². The molecule has 8 nitrogen and oxygen atoms in total. The van der Waals surface area contributed by atoms with Gasteiger partial charge in [-0.1, -0.05) is 17.7 Å². The second-order valence-corrected chi connectivity index (χ2v) is 9.66. The van der Waals surface area contributed by atoms with Gasteiger partial charge in [-0.15, -0.1) is 5.10 Å². The van der Waals surface area contributed by atoms with Gasteiger partial charge in [0.2, 0.25) is 11.9 Å². The lowest BCUT2D eigenvalue weighted by Gasteiger charge is -2.38. The lowest BCUT2D eigenvalue weighted by atomic mass is 9.92. The highest BCUT2D eigenvalue weighted by atomic mass is 35.5. The molecular weight excluding hydrogens is 443 g/mol. The molecule has 1 saturated heterocycles. The van der Waals surface area contributed by atoms with Gasteiger partial charge in [0.15, 0.2) is 0 Å². The van der Waals surface area contributed by atoms with Crippen LogP contribution in [0.15, 0.2) is 30.6 Å². The van der Waals surface area contributed by atoms with Crippen LogP contribution >= 0.6 is 11.6 Å². The maximum absolute atomic E-state index is 14.2. The minimum atomic E-state index is -0.198. The second kappa shape index (κ2) is 8.13. The first-order valence-corrected chi connectivity index (χ1v) is 11.9. The Labute approximate surface area is 196 Å². The van der Waals surface area contributed by atoms with Crippen molar-refractivity contribution in [3.63, 3.8) is 0 Å². The van der Waals surface area contributed by atoms with Crippen molar-refractivity contribution in [3.05, 3.63) is 47.1 Å². The molecule has 3 aliphatic rings. The van der Waals surface area contributed by atoms with Gasteiger partial charge in [-0.3, -0.25) is 0 Å². The van der Waals surface area contributed by atoms with Crippen molar-refractivity contribution >= 4 is 35.0 Å². The Morgan fingerprint density at radius 1 is 1.09 bits per heavy atom. The molecule has 1 saturated carbocycles. The SMILES string of the molecule is Cc1ccc(N2CCCn3nc(NC4C5CC[C@H]4CN(c4cc(Cl)ncn4)C5)nc32)cc1F. The molecule has 2 aliphatic heterocycles. The van der Waals surface area contributed by atoms with Gasteiger partial charge in [0.05, 0.1) is 0 Å². The van der Waals surface area contributed by atoms with E-state index in [1.54, 1.807) is 13.0 Å². The van der Waals surface area contributed by atoms with Crippen LogP contribution in [0.1, 0.15) is 24.8 Å². The predicted molar refractivity (Wildman–Crippen MR) is 126 cm³/mol. The van der Waals surface area contributed by atoms with Crippen LogP contribution in [-0.4, -0.2) is 50.4 Å². The molecule has 10 heteroatoms. The van der Waals surface area contributed by atoms with Crippen molar-refractivity contribution < 1.29 is 4.39 Å². The number of rotatable bonds is 4. The number of piperidine rings is 1. The summed E-state index contributed by atoms with van der Waals surface area (Å²) in [5.74, 6) is 3.09. The minimum absolute atomic E-state index is 0.198. The third kappa shape index (κ3) is 3.78. The molecule has 0 radical (unpaired) electrons. The summed E-state index contributed by atoms with van der Waals surface area (Å²) >= 11 is 6.08. The zero-order chi connectivity index (χ0) is 22.5. The second-order valence-electron chi connectivity index (χ2n) is 9.27. The summed E-state index contributed by atoms with van der Waals surface area (Å²) in [5.41, 5.74) is 1.46. The van der Waals surface area contributed by atoms with E-state index >= 15 is 0 Å². The third-order valence-corrected chi connectivity index (χ3v) is 7.39. The minimum Gasteiger partial charge on any atom is -0.356 e. The molecule has 1 N–H and O–H groups in total. The summed E-state index contributed by atoms with van der Waals surface area (Å²) < 4.78 is 16.1. The Hall–Kier alpha value is -2.94. The normalized spacial score (nSPS) is 24.2. The van der Waals surface area contributed by atoms with E-state index in [1.807, 2.05) is 22.9 Å². The highest BCUT2D eigenvalue weighted by Gasteiger charge is 2.43. The average molecular weight is 469 g/mol. The Balaban J connectivity index is 1.21. The molecule has 0 spiro atoms. The predicted octanol–water partition coefficient (Wildman–Crippen LogP) is 4.04. The van der Waals surface area contributed by atoms with Gasteiger partial charge in [0.1, 0.15) is 23.1 Å². The van der Waals surface area contributed by atoms with Crippen LogP contribution < -0.4 is 15.1 Å². The fourth-order valence-corrected chi connectivity index (χ4v) is 5.65. The van der Waals surface area contributed by atoms with Gasteiger partial charge in [0, 0.05) is 44.0 Å². The van der Waals surface area contributed by atoms with Crippen LogP contribution in [0.2, 0.25) is 5.15 Å². The quantitative estimate of drug-likeness (QED) is 0.579. The number of hydrogen-bond acceptors (Lipinski definition) is 7. The molecule has 1 aromatic carbocycles. The number of nitrogens with one attached hydrogen (secondary N) is 1. The molecule has 172 valence electrons. The largest absolute Gasteiger partial charge is 0.356 e. The fraction of sp³-hybridized carbons (Fsp3) is 0.478. The average Bonchev–Trinajstić information content (AvgIpc) is 3.31. The van der Waals surface area contributed by atoms with Crippen molar-refractivity contribution in [2.45, 2.75) is 38.8 Å². The third-order valence-electron chi connectivity index (χ3n) is 7.19. The summed E-state index contributed by atoms with van der Waals surface area (Å²) in [6.07, 6.45) is 4.80. The van der Waals surface area contributed by atoms with Crippen LogP contribution in [0.5, 0.6) is 0 Å². The van der Waals surface area contributed by atoms with Crippen LogP contribution in [0, 0.1) is 24.6 Å². The van der Waals surface area contributed by atoms with E-state index < -0.39 is 0 Å². The Kier molecular flexibility index (Phi) is 5.09. The fourth-order valence-electron chi connectivity index (χ4n) is 5.51. The number of aryl methyl sites for hydroxylation is 2. The molecule has 1 aliphatic carbocycles. The number of halogens is 2. The number of nitrogens with zero attached hydrogens (tertiary/aromatic N) is 7. The highest BCUT2D eigenvalue weighted by Crippen LogP contribution is 2.40. The van der Waals surface area contributed by atoms with E-state index in [0.717, 1.165) is 50.1 Å². The highest BCUT2D eigenvalue weighted by molar-refractivity contribution is 6.29. The zero-order valence-corrected chi connectivity index (χ0v) is 19.2. The first kappa shape index (κ1) is 20.7. The molecule has 2 bridgehead atoms. The molecule has 6 rings (SSSR count). The van der Waals surface area contributed by atoms with E-state index in [1.165, 1.54) is 19.2 Å². The topological polar surface area (TPSA) is 75.0 Å². The van der Waals surface area contributed by atoms with E-state index in [9.17, 15) is 4.39 Å². The summed E-state index contributed by atoms with van der Waals surface area (Å²) in [5, 5.41) is 8.87. The van der Waals surface area contributed by atoms with Crippen molar-refractivity contribution in [2.75, 3.05) is 34.8 Å². The molecule has 0 amide bonds. The maximum atomic E-state index is 14.2. The first-order chi connectivity index (χ1) is 16.0. The van der Waals surface area contributed by atoms with Gasteiger partial charge in [-0.2, -0.15) is 4.98 Å². The van der Waals surface area contributed by atoms with Crippen molar-refractivity contribution in [1.29, 1.82) is 0 Å². The van der Waals surface area contributed by atoms with E-state index in [-0.39, 0.29) is 5.82 Å². The van der Waals surface area contributed by atoms with Gasteiger partial charge in [-0.25, -0.2) is 19.0 Å². The molecule has 3 atom stereocenters. The van der Waals surface area contributed by atoms with Gasteiger partial charge >= 0.3 is 0 Å². The zero-order valence-electron chi connectivity index (χ0n) is 18.5. The molecule has 3 aromatic rings. The van der Waals surface area contributed by atoms with Crippen LogP contribution in [0.4, 0.5) is 27.8 Å². The number of benzene rings is 1. The summed E-state index contributed by atoms with van der Waals surface area (Å²) in [4.78, 5) is 17.6. The molecule has 2 unspecified atom stereocenters. The molecular formula is C23H26ClFN8. The van der Waals surface area contributed by atoms with Gasteiger partial charge < -0.3 is 15.1 Å². The van der Waals surface area contributed by atoms with Crippen molar-refractivity contribution in [2.24, 2.45) is 11.8 Å². The Bertz CT molecular complexity index is 1170. The summed E-state index contributed by atoms with van der Waals surface area (Å²) in [6, 6.07) is 7.51. The van der Waals surface area contributed by atoms with Crippen LogP contribution in [0.3, 0.4) is 0 Å². The smallest absolute Gasteiger partial charge is 0.244 e. The van der Waals surface area contributed by atoms with Crippen LogP contribution in [-0.2, 0) is 6.54 Å². The van der Waals surface area contributed by atoms with Crippen molar-refractivity contribution in [3.8, 4) is 0 Å². The van der Waals surface area contributed by atoms with Gasteiger partial charge in [-0.05, 0) is 55.7 Å². The van der Waals surface area contributed by atoms with Crippen molar-refractivity contribution in [1.82, 2.24) is 24.7 Å². The maximum Gasteiger partial charge on any atom is 0.244 e. The molecule has 33 heavy (non-hydrogen) atoms. The molecule has 2 aromatic heterocycles. The Morgan fingerprint density at radius 2 is 1.91 bits per heavy atom. The molecule has 2 fully saturated rings. The van der Waals surface area contributed by atoms with Crippen LogP contribution in [0.25, 0.3) is 0 Å². The van der Waals surface area contributed by atoms with E-state index in [2.05, 4.69) is 25.1 Å². The lowest BCUT2D eigenvalue weighted by molar-refractivity contribution is 0.374. The number of fused-ring (bicyclic) bond motifs is 3. The monoisotopic (exact) mass is 468 g/mol. The first-order valence-electron chi connectivity index (χ1n) is 11.5. The summed E-state index contributed by atoms with van der Waals surface area (Å²) in [7, 11) is 0.